The summed E-state index contributed by atoms with van der Waals surface area (Å²) in [6.07, 6.45) is 0. The number of para-hydroxylation sites is 1. The predicted octanol–water partition coefficient (Wildman–Crippen LogP) is 1.60. The molecule has 0 unspecified atom stereocenters. The Morgan fingerprint density at radius 2 is 1.84 bits per heavy atom. The highest BCUT2D eigenvalue weighted by Crippen LogP contribution is 2.26. The normalized spacial score (nSPS) is 12.0. The third-order valence-electron chi connectivity index (χ3n) is 4.89. The van der Waals surface area contributed by atoms with Gasteiger partial charge in [-0.1, -0.05) is 30.0 Å². The van der Waals surface area contributed by atoms with Crippen molar-refractivity contribution < 1.29 is 12.8 Å². The molecule has 168 valence electrons. The molecule has 0 spiro atoms. The lowest BCUT2D eigenvalue weighted by atomic mass is 10.3. The van der Waals surface area contributed by atoms with Gasteiger partial charge in [0.2, 0.25) is 10.2 Å². The van der Waals surface area contributed by atoms with Gasteiger partial charge < -0.3 is 4.42 Å². The van der Waals surface area contributed by atoms with E-state index in [9.17, 15) is 13.2 Å². The van der Waals surface area contributed by atoms with E-state index in [-0.39, 0.29) is 16.4 Å². The number of thioether (sulfide) groups is 1. The minimum absolute atomic E-state index is 0.137. The fraction of sp³-hybridized carbons (Fsp3) is 0.263. The number of tetrazole rings is 1. The van der Waals surface area contributed by atoms with Crippen LogP contribution in [0.5, 0.6) is 0 Å². The molecule has 0 aliphatic heterocycles. The monoisotopic (exact) mass is 475 g/mol. The Balaban J connectivity index is 1.64. The van der Waals surface area contributed by atoms with E-state index in [4.69, 9.17) is 4.42 Å². The van der Waals surface area contributed by atoms with E-state index in [0.717, 1.165) is 9.99 Å². The van der Waals surface area contributed by atoms with Crippen LogP contribution in [0.1, 0.15) is 11.5 Å². The number of hydrogen-bond donors (Lipinski definition) is 0. The minimum Gasteiger partial charge on any atom is -0.447 e. The number of furan rings is 1. The van der Waals surface area contributed by atoms with Crippen molar-refractivity contribution in [3.8, 4) is 11.4 Å². The smallest absolute Gasteiger partial charge is 0.297 e. The minimum atomic E-state index is -3.65. The molecule has 0 fully saturated rings. The van der Waals surface area contributed by atoms with Crippen molar-refractivity contribution in [2.24, 2.45) is 7.05 Å². The van der Waals surface area contributed by atoms with E-state index in [1.54, 1.807) is 22.5 Å². The van der Waals surface area contributed by atoms with E-state index < -0.39 is 10.0 Å². The third kappa shape index (κ3) is 3.78. The lowest BCUT2D eigenvalue weighted by Crippen LogP contribution is -2.22. The summed E-state index contributed by atoms with van der Waals surface area (Å²) < 4.78 is 35.6. The van der Waals surface area contributed by atoms with Crippen molar-refractivity contribution in [1.82, 2.24) is 33.9 Å². The predicted molar refractivity (Wildman–Crippen MR) is 118 cm³/mol. The van der Waals surface area contributed by atoms with Crippen molar-refractivity contribution in [1.29, 1.82) is 0 Å². The summed E-state index contributed by atoms with van der Waals surface area (Å²) in [5, 5.41) is 12.0. The molecule has 0 saturated carbocycles. The number of benzene rings is 1. The maximum absolute atomic E-state index is 13.2. The van der Waals surface area contributed by atoms with Crippen LogP contribution in [0.2, 0.25) is 0 Å². The molecule has 4 aromatic rings. The SMILES string of the molecule is Cc1c(-n2nnnc2SCc2ccc(S(=O)(=O)N(C)C)o2)c(=O)n(-c2ccccc2)n1C. The van der Waals surface area contributed by atoms with Crippen LogP contribution in [0.25, 0.3) is 11.4 Å². The van der Waals surface area contributed by atoms with Gasteiger partial charge >= 0.3 is 0 Å². The van der Waals surface area contributed by atoms with Crippen molar-refractivity contribution in [3.05, 3.63) is 64.3 Å². The molecule has 3 aromatic heterocycles. The second-order valence-corrected chi connectivity index (χ2v) is 10.1. The number of rotatable bonds is 7. The molecule has 0 saturated heterocycles. The van der Waals surface area contributed by atoms with Gasteiger partial charge in [-0.15, -0.1) is 5.10 Å². The van der Waals surface area contributed by atoms with Crippen LogP contribution >= 0.6 is 11.8 Å². The van der Waals surface area contributed by atoms with E-state index >= 15 is 0 Å². The van der Waals surface area contributed by atoms with Crippen LogP contribution < -0.4 is 5.56 Å². The molecule has 3 heterocycles. The van der Waals surface area contributed by atoms with Gasteiger partial charge in [0, 0.05) is 21.1 Å². The number of sulfonamides is 1. The van der Waals surface area contributed by atoms with Gasteiger partial charge in [0.1, 0.15) is 5.76 Å². The van der Waals surface area contributed by atoms with Crippen LogP contribution in [0, 0.1) is 6.92 Å². The van der Waals surface area contributed by atoms with Gasteiger partial charge in [0.15, 0.2) is 5.69 Å². The average molecular weight is 476 g/mol. The Labute approximate surface area is 188 Å². The molecule has 0 aliphatic rings. The van der Waals surface area contributed by atoms with E-state index in [1.165, 1.54) is 36.6 Å². The lowest BCUT2D eigenvalue weighted by Gasteiger charge is -2.07. The van der Waals surface area contributed by atoms with Crippen molar-refractivity contribution in [3.63, 3.8) is 0 Å². The zero-order valence-electron chi connectivity index (χ0n) is 17.8. The molecule has 1 aromatic carbocycles. The molecule has 11 nitrogen and oxygen atoms in total. The molecule has 0 aliphatic carbocycles. The second-order valence-electron chi connectivity index (χ2n) is 7.08. The highest BCUT2D eigenvalue weighted by molar-refractivity contribution is 7.98. The summed E-state index contributed by atoms with van der Waals surface area (Å²) in [4.78, 5) is 13.2. The summed E-state index contributed by atoms with van der Waals surface area (Å²) in [5.41, 5.74) is 1.48. The van der Waals surface area contributed by atoms with Crippen molar-refractivity contribution in [2.75, 3.05) is 14.1 Å². The van der Waals surface area contributed by atoms with Crippen molar-refractivity contribution >= 4 is 21.8 Å². The highest BCUT2D eigenvalue weighted by Gasteiger charge is 2.24. The molecule has 32 heavy (non-hydrogen) atoms. The van der Waals surface area contributed by atoms with Crippen LogP contribution in [0.3, 0.4) is 0 Å². The van der Waals surface area contributed by atoms with Crippen LogP contribution in [-0.4, -0.2) is 56.4 Å². The maximum Gasteiger partial charge on any atom is 0.297 e. The Morgan fingerprint density at radius 1 is 1.12 bits per heavy atom. The first kappa shape index (κ1) is 22.0. The van der Waals surface area contributed by atoms with Gasteiger partial charge in [-0.05, 0) is 41.6 Å². The molecule has 0 radical (unpaired) electrons. The molecular formula is C19H21N7O4S2. The lowest BCUT2D eigenvalue weighted by molar-refractivity contribution is 0.408. The molecular weight excluding hydrogens is 454 g/mol. The Kier molecular flexibility index (Phi) is 5.79. The van der Waals surface area contributed by atoms with Gasteiger partial charge in [0.25, 0.3) is 15.6 Å². The Morgan fingerprint density at radius 3 is 2.53 bits per heavy atom. The van der Waals surface area contributed by atoms with Gasteiger partial charge in [-0.3, -0.25) is 9.48 Å². The quantitative estimate of drug-likeness (QED) is 0.370. The highest BCUT2D eigenvalue weighted by atomic mass is 32.2. The topological polar surface area (TPSA) is 121 Å². The number of aromatic nitrogens is 6. The number of nitrogens with zero attached hydrogens (tertiary/aromatic N) is 7. The first-order valence-electron chi connectivity index (χ1n) is 9.48. The molecule has 0 amide bonds. The summed E-state index contributed by atoms with van der Waals surface area (Å²) in [6, 6.07) is 12.3. The van der Waals surface area contributed by atoms with Crippen molar-refractivity contribution in [2.45, 2.75) is 22.9 Å². The van der Waals surface area contributed by atoms with Gasteiger partial charge in [-0.25, -0.2) is 17.4 Å². The third-order valence-corrected chi connectivity index (χ3v) is 7.52. The van der Waals surface area contributed by atoms with Gasteiger partial charge in [0.05, 0.1) is 17.1 Å². The van der Waals surface area contributed by atoms with E-state index in [0.29, 0.717) is 22.3 Å². The zero-order chi connectivity index (χ0) is 23.0. The fourth-order valence-corrected chi connectivity index (χ4v) is 4.68. The summed E-state index contributed by atoms with van der Waals surface area (Å²) >= 11 is 1.23. The Hall–Kier alpha value is -3.16. The Bertz CT molecular complexity index is 1420. The maximum atomic E-state index is 13.2. The van der Waals surface area contributed by atoms with Crippen LogP contribution in [0.15, 0.2) is 61.9 Å². The fourth-order valence-electron chi connectivity index (χ4n) is 3.10. The van der Waals surface area contributed by atoms with Crippen LogP contribution in [0.4, 0.5) is 0 Å². The first-order chi connectivity index (χ1) is 15.2. The molecule has 0 bridgehead atoms. The summed E-state index contributed by atoms with van der Waals surface area (Å²) in [5.74, 6) is 0.721. The molecule has 0 N–H and O–H groups in total. The average Bonchev–Trinajstić information content (AvgIpc) is 3.47. The van der Waals surface area contributed by atoms with E-state index in [2.05, 4.69) is 15.5 Å². The molecule has 13 heteroatoms. The molecule has 4 rings (SSSR count). The standard InChI is InChI=1S/C19H21N7O4S2/c1-13-17(18(27)26(24(13)4)14-8-6-5-7-9-14)25-19(20-21-22-25)31-12-15-10-11-16(30-15)32(28,29)23(2)3/h5-11H,12H2,1-4H3. The second kappa shape index (κ2) is 8.41. The zero-order valence-corrected chi connectivity index (χ0v) is 19.5. The number of hydrogen-bond acceptors (Lipinski definition) is 8. The van der Waals surface area contributed by atoms with Gasteiger partial charge in [-0.2, -0.15) is 4.68 Å². The van der Waals surface area contributed by atoms with Crippen LogP contribution in [-0.2, 0) is 22.8 Å². The first-order valence-corrected chi connectivity index (χ1v) is 11.9. The summed E-state index contributed by atoms with van der Waals surface area (Å²) in [7, 11) is 1.01. The largest absolute Gasteiger partial charge is 0.447 e. The summed E-state index contributed by atoms with van der Waals surface area (Å²) in [6.45, 7) is 1.82. The van der Waals surface area contributed by atoms with E-state index in [1.807, 2.05) is 37.3 Å². The molecule has 0 atom stereocenters.